The summed E-state index contributed by atoms with van der Waals surface area (Å²) < 4.78 is 46.8. The second-order valence-corrected chi connectivity index (χ2v) is 4.67. The van der Waals surface area contributed by atoms with Gasteiger partial charge in [-0.3, -0.25) is 0 Å². The van der Waals surface area contributed by atoms with Gasteiger partial charge in [-0.05, 0) is 6.07 Å². The molecule has 4 nitrogen and oxygen atoms in total. The zero-order valence-corrected chi connectivity index (χ0v) is 8.34. The summed E-state index contributed by atoms with van der Waals surface area (Å²) in [6, 6.07) is 2.45. The Balaban J connectivity index is 2.97. The predicted octanol–water partition coefficient (Wildman–Crippen LogP) is 0.287. The smallest absolute Gasteiger partial charge is 0.211 e. The molecule has 1 aromatic carbocycles. The van der Waals surface area contributed by atoms with Gasteiger partial charge in [-0.15, -0.1) is 0 Å². The maximum atomic E-state index is 13.0. The molecule has 0 saturated heterocycles. The molecule has 0 saturated carbocycles. The maximum absolute atomic E-state index is 13.0. The van der Waals surface area contributed by atoms with E-state index in [9.17, 15) is 22.3 Å². The molecule has 0 aliphatic carbocycles. The molecule has 0 aliphatic rings. The molecule has 0 fully saturated rings. The van der Waals surface area contributed by atoms with E-state index in [-0.39, 0.29) is 5.56 Å². The highest BCUT2D eigenvalue weighted by atomic mass is 32.2. The number of benzene rings is 1. The number of aliphatic hydroxyl groups excluding tert-OH is 1. The summed E-state index contributed by atoms with van der Waals surface area (Å²) in [5, 5.41) is 14.0. The Morgan fingerprint density at radius 2 is 2.00 bits per heavy atom. The van der Waals surface area contributed by atoms with Gasteiger partial charge in [-0.25, -0.2) is 22.3 Å². The zero-order valence-electron chi connectivity index (χ0n) is 7.52. The quantitative estimate of drug-likeness (QED) is 0.792. The summed E-state index contributed by atoms with van der Waals surface area (Å²) >= 11 is 0. The molecule has 0 bridgehead atoms. The Hall–Kier alpha value is -1.05. The van der Waals surface area contributed by atoms with E-state index in [1.807, 2.05) is 0 Å². The highest BCUT2D eigenvalue weighted by molar-refractivity contribution is 7.89. The van der Waals surface area contributed by atoms with E-state index < -0.39 is 33.5 Å². The molecule has 1 rings (SSSR count). The molecule has 84 valence electrons. The van der Waals surface area contributed by atoms with Crippen LogP contribution in [0.2, 0.25) is 0 Å². The fraction of sp³-hybridized carbons (Fsp3) is 0.250. The van der Waals surface area contributed by atoms with Crippen LogP contribution < -0.4 is 5.14 Å². The van der Waals surface area contributed by atoms with Gasteiger partial charge in [0.05, 0.1) is 11.9 Å². The van der Waals surface area contributed by atoms with Crippen LogP contribution in [0, 0.1) is 11.6 Å². The van der Waals surface area contributed by atoms with Gasteiger partial charge in [0.15, 0.2) is 0 Å². The summed E-state index contributed by atoms with van der Waals surface area (Å²) in [4.78, 5) is 0. The fourth-order valence-electron chi connectivity index (χ4n) is 1.08. The Bertz CT molecular complexity index is 461. The topological polar surface area (TPSA) is 80.4 Å². The van der Waals surface area contributed by atoms with E-state index in [1.54, 1.807) is 0 Å². The third kappa shape index (κ3) is 3.54. The van der Waals surface area contributed by atoms with Crippen molar-refractivity contribution in [1.29, 1.82) is 0 Å². The first kappa shape index (κ1) is 12.0. The molecule has 7 heteroatoms. The van der Waals surface area contributed by atoms with Crippen molar-refractivity contribution >= 4 is 10.0 Å². The van der Waals surface area contributed by atoms with Gasteiger partial charge in [0.25, 0.3) is 0 Å². The van der Waals surface area contributed by atoms with Gasteiger partial charge in [-0.2, -0.15) is 0 Å². The van der Waals surface area contributed by atoms with Crippen molar-refractivity contribution < 1.29 is 22.3 Å². The van der Waals surface area contributed by atoms with Crippen LogP contribution in [0.5, 0.6) is 0 Å². The fourth-order valence-corrected chi connectivity index (χ4v) is 1.70. The number of hydrogen-bond acceptors (Lipinski definition) is 3. The molecule has 0 aliphatic heterocycles. The van der Waals surface area contributed by atoms with Crippen LogP contribution in [0.3, 0.4) is 0 Å². The monoisotopic (exact) mass is 237 g/mol. The van der Waals surface area contributed by atoms with Crippen molar-refractivity contribution in [1.82, 2.24) is 0 Å². The first-order valence-electron chi connectivity index (χ1n) is 3.93. The summed E-state index contributed by atoms with van der Waals surface area (Å²) in [5.74, 6) is -2.62. The molecule has 3 N–H and O–H groups in total. The van der Waals surface area contributed by atoms with Crippen molar-refractivity contribution in [3.63, 3.8) is 0 Å². The van der Waals surface area contributed by atoms with Crippen molar-refractivity contribution in [3.05, 3.63) is 35.4 Å². The summed E-state index contributed by atoms with van der Waals surface area (Å²) in [6.45, 7) is 0. The number of halogens is 2. The molecular formula is C8H9F2NO3S. The maximum Gasteiger partial charge on any atom is 0.211 e. The van der Waals surface area contributed by atoms with Gasteiger partial charge < -0.3 is 5.11 Å². The van der Waals surface area contributed by atoms with Gasteiger partial charge in [0.2, 0.25) is 10.0 Å². The number of primary sulfonamides is 1. The first-order valence-corrected chi connectivity index (χ1v) is 5.64. The lowest BCUT2D eigenvalue weighted by atomic mass is 10.1. The highest BCUT2D eigenvalue weighted by Crippen LogP contribution is 2.18. The average molecular weight is 237 g/mol. The van der Waals surface area contributed by atoms with Crippen LogP contribution in [-0.2, 0) is 10.0 Å². The third-order valence-electron chi connectivity index (χ3n) is 1.71. The van der Waals surface area contributed by atoms with Gasteiger partial charge >= 0.3 is 0 Å². The second kappa shape index (κ2) is 4.21. The molecule has 0 radical (unpaired) electrons. The number of aliphatic hydroxyl groups is 1. The lowest BCUT2D eigenvalue weighted by molar-refractivity contribution is 0.196. The van der Waals surface area contributed by atoms with Crippen LogP contribution in [0.15, 0.2) is 18.2 Å². The SMILES string of the molecule is NS(=O)(=O)C[C@@H](O)c1ccc(F)cc1F. The van der Waals surface area contributed by atoms with Crippen LogP contribution in [0.4, 0.5) is 8.78 Å². The van der Waals surface area contributed by atoms with Crippen molar-refractivity contribution in [2.24, 2.45) is 5.14 Å². The Labute approximate surface area is 85.4 Å². The minimum atomic E-state index is -3.91. The second-order valence-electron chi connectivity index (χ2n) is 3.01. The Kier molecular flexibility index (Phi) is 3.38. The third-order valence-corrected chi connectivity index (χ3v) is 2.49. The van der Waals surface area contributed by atoms with Crippen molar-refractivity contribution in [2.75, 3.05) is 5.75 Å². The minimum absolute atomic E-state index is 0.301. The number of nitrogens with two attached hydrogens (primary N) is 1. The van der Waals surface area contributed by atoms with E-state index in [0.29, 0.717) is 6.07 Å². The molecule has 0 amide bonds. The zero-order chi connectivity index (χ0) is 11.6. The van der Waals surface area contributed by atoms with Crippen LogP contribution >= 0.6 is 0 Å². The average Bonchev–Trinajstić information content (AvgIpc) is 1.99. The van der Waals surface area contributed by atoms with Crippen molar-refractivity contribution in [3.8, 4) is 0 Å². The number of sulfonamides is 1. The number of hydrogen-bond donors (Lipinski definition) is 2. The Morgan fingerprint density at radius 3 is 2.47 bits per heavy atom. The largest absolute Gasteiger partial charge is 0.387 e. The molecule has 15 heavy (non-hydrogen) atoms. The standard InChI is InChI=1S/C8H9F2NO3S/c9-5-1-2-6(7(10)3-5)8(12)4-15(11,13)14/h1-3,8,12H,4H2,(H2,11,13,14)/t8-/m1/s1. The summed E-state index contributed by atoms with van der Waals surface area (Å²) in [7, 11) is -3.91. The lowest BCUT2D eigenvalue weighted by Crippen LogP contribution is -2.22. The molecular weight excluding hydrogens is 228 g/mol. The molecule has 0 unspecified atom stereocenters. The summed E-state index contributed by atoms with van der Waals surface area (Å²) in [5.41, 5.74) is -0.301. The van der Waals surface area contributed by atoms with Gasteiger partial charge in [-0.1, -0.05) is 6.07 Å². The van der Waals surface area contributed by atoms with Crippen LogP contribution in [0.1, 0.15) is 11.7 Å². The summed E-state index contributed by atoms with van der Waals surface area (Å²) in [6.07, 6.45) is -1.60. The first-order chi connectivity index (χ1) is 6.79. The highest BCUT2D eigenvalue weighted by Gasteiger charge is 2.18. The van der Waals surface area contributed by atoms with Gasteiger partial charge in [0, 0.05) is 11.6 Å². The molecule has 0 aromatic heterocycles. The van der Waals surface area contributed by atoms with E-state index in [2.05, 4.69) is 5.14 Å². The van der Waals surface area contributed by atoms with E-state index in [1.165, 1.54) is 0 Å². The van der Waals surface area contributed by atoms with Crippen molar-refractivity contribution in [2.45, 2.75) is 6.10 Å². The molecule has 0 heterocycles. The lowest BCUT2D eigenvalue weighted by Gasteiger charge is -2.10. The normalized spacial score (nSPS) is 13.9. The van der Waals surface area contributed by atoms with Crippen LogP contribution in [-0.4, -0.2) is 19.3 Å². The van der Waals surface area contributed by atoms with E-state index >= 15 is 0 Å². The Morgan fingerprint density at radius 1 is 1.40 bits per heavy atom. The van der Waals surface area contributed by atoms with E-state index in [4.69, 9.17) is 0 Å². The minimum Gasteiger partial charge on any atom is -0.387 e. The van der Waals surface area contributed by atoms with Crippen LogP contribution in [0.25, 0.3) is 0 Å². The number of rotatable bonds is 3. The molecule has 1 aromatic rings. The molecule has 0 spiro atoms. The predicted molar refractivity (Wildman–Crippen MR) is 49.3 cm³/mol. The molecule has 1 atom stereocenters. The van der Waals surface area contributed by atoms with E-state index in [0.717, 1.165) is 12.1 Å². The van der Waals surface area contributed by atoms with Gasteiger partial charge in [0.1, 0.15) is 11.6 Å².